The van der Waals surface area contributed by atoms with Gasteiger partial charge in [0.1, 0.15) is 0 Å². The Hall–Kier alpha value is 0.440. The largest absolute Gasteiger partial charge is 0.300 e. The normalized spacial score (nSPS) is 23.6. The van der Waals surface area contributed by atoms with Gasteiger partial charge in [-0.15, -0.1) is 0 Å². The van der Waals surface area contributed by atoms with Crippen molar-refractivity contribution in [3.63, 3.8) is 0 Å². The molecule has 2 heteroatoms. The molecule has 90 valence electrons. The molecule has 15 heavy (non-hydrogen) atoms. The number of hydrogen-bond donors (Lipinski definition) is 0. The van der Waals surface area contributed by atoms with Crippen molar-refractivity contribution >= 4 is 15.9 Å². The Labute approximate surface area is 104 Å². The average Bonchev–Trinajstić information content (AvgIpc) is 2.73. The van der Waals surface area contributed by atoms with Crippen molar-refractivity contribution in [1.29, 1.82) is 0 Å². The molecular formula is C13H26BrN. The van der Waals surface area contributed by atoms with Gasteiger partial charge in [-0.3, -0.25) is 4.90 Å². The van der Waals surface area contributed by atoms with Crippen LogP contribution in [0.25, 0.3) is 0 Å². The van der Waals surface area contributed by atoms with E-state index in [9.17, 15) is 0 Å². The lowest BCUT2D eigenvalue weighted by atomic mass is 9.84. The van der Waals surface area contributed by atoms with Crippen molar-refractivity contribution < 1.29 is 0 Å². The van der Waals surface area contributed by atoms with Gasteiger partial charge in [0.2, 0.25) is 0 Å². The van der Waals surface area contributed by atoms with Crippen molar-refractivity contribution in [3.8, 4) is 0 Å². The summed E-state index contributed by atoms with van der Waals surface area (Å²) in [4.78, 5) is 2.73. The van der Waals surface area contributed by atoms with Gasteiger partial charge in [-0.25, -0.2) is 0 Å². The quantitative estimate of drug-likeness (QED) is 0.661. The molecule has 1 unspecified atom stereocenters. The van der Waals surface area contributed by atoms with Gasteiger partial charge in [0.25, 0.3) is 0 Å². The predicted octanol–water partition coefficient (Wildman–Crippen LogP) is 4.06. The van der Waals surface area contributed by atoms with Gasteiger partial charge in [0.05, 0.1) is 0 Å². The maximum Gasteiger partial charge on any atom is 0.01000 e. The first-order valence-electron chi connectivity index (χ1n) is 6.51. The number of nitrogens with zero attached hydrogens (tertiary/aromatic N) is 1. The van der Waals surface area contributed by atoms with E-state index in [2.05, 4.69) is 41.6 Å². The van der Waals surface area contributed by atoms with Gasteiger partial charge in [-0.05, 0) is 44.1 Å². The molecule has 0 aromatic heterocycles. The summed E-state index contributed by atoms with van der Waals surface area (Å²) in [7, 11) is 0. The van der Waals surface area contributed by atoms with Crippen LogP contribution >= 0.6 is 15.9 Å². The van der Waals surface area contributed by atoms with Crippen LogP contribution in [-0.2, 0) is 0 Å². The van der Waals surface area contributed by atoms with Gasteiger partial charge in [-0.2, -0.15) is 0 Å². The minimum Gasteiger partial charge on any atom is -0.300 e. The van der Waals surface area contributed by atoms with Crippen molar-refractivity contribution in [3.05, 3.63) is 0 Å². The van der Waals surface area contributed by atoms with Crippen LogP contribution in [0, 0.1) is 5.41 Å². The number of hydrogen-bond acceptors (Lipinski definition) is 1. The number of halogens is 1. The van der Waals surface area contributed by atoms with Gasteiger partial charge in [-0.1, -0.05) is 36.7 Å². The molecule has 1 aliphatic rings. The topological polar surface area (TPSA) is 3.24 Å². The highest BCUT2D eigenvalue weighted by molar-refractivity contribution is 9.09. The van der Waals surface area contributed by atoms with Crippen LogP contribution in [0.4, 0.5) is 0 Å². The van der Waals surface area contributed by atoms with Crippen molar-refractivity contribution in [2.75, 3.05) is 18.4 Å². The fourth-order valence-electron chi connectivity index (χ4n) is 2.70. The van der Waals surface area contributed by atoms with Crippen LogP contribution in [0.2, 0.25) is 0 Å². The molecule has 0 aromatic carbocycles. The van der Waals surface area contributed by atoms with E-state index >= 15 is 0 Å². The lowest BCUT2D eigenvalue weighted by molar-refractivity contribution is 0.145. The molecule has 0 N–H and O–H groups in total. The fourth-order valence-corrected chi connectivity index (χ4v) is 3.67. The Morgan fingerprint density at radius 3 is 2.40 bits per heavy atom. The van der Waals surface area contributed by atoms with Gasteiger partial charge < -0.3 is 0 Å². The van der Waals surface area contributed by atoms with E-state index in [-0.39, 0.29) is 0 Å². The van der Waals surface area contributed by atoms with Crippen molar-refractivity contribution in [2.24, 2.45) is 5.41 Å². The standard InChI is InChI=1S/C13H26BrN/c1-4-12-8-7-9-15(12)11-13(5-2,6-3)10-14/h12H,4-11H2,1-3H3. The van der Waals surface area contributed by atoms with Crippen LogP contribution in [0.1, 0.15) is 52.9 Å². The van der Waals surface area contributed by atoms with Crippen molar-refractivity contribution in [2.45, 2.75) is 58.9 Å². The second kappa shape index (κ2) is 6.24. The van der Waals surface area contributed by atoms with E-state index in [0.717, 1.165) is 11.4 Å². The van der Waals surface area contributed by atoms with E-state index < -0.39 is 0 Å². The highest BCUT2D eigenvalue weighted by Gasteiger charge is 2.32. The van der Waals surface area contributed by atoms with Gasteiger partial charge >= 0.3 is 0 Å². The molecule has 1 heterocycles. The zero-order valence-electron chi connectivity index (χ0n) is 10.6. The molecular weight excluding hydrogens is 250 g/mol. The minimum absolute atomic E-state index is 0.512. The first-order chi connectivity index (χ1) is 7.21. The summed E-state index contributed by atoms with van der Waals surface area (Å²) < 4.78 is 0. The third-order valence-corrected chi connectivity index (χ3v) is 5.48. The Morgan fingerprint density at radius 2 is 1.93 bits per heavy atom. The predicted molar refractivity (Wildman–Crippen MR) is 71.7 cm³/mol. The molecule has 0 saturated carbocycles. The monoisotopic (exact) mass is 275 g/mol. The Kier molecular flexibility index (Phi) is 5.62. The first-order valence-corrected chi connectivity index (χ1v) is 7.63. The molecule has 0 aromatic rings. The van der Waals surface area contributed by atoms with Gasteiger partial charge in [0, 0.05) is 17.9 Å². The third kappa shape index (κ3) is 3.20. The van der Waals surface area contributed by atoms with Crippen LogP contribution in [0.5, 0.6) is 0 Å². The fraction of sp³-hybridized carbons (Fsp3) is 1.00. The van der Waals surface area contributed by atoms with Crippen LogP contribution in [0.15, 0.2) is 0 Å². The zero-order valence-corrected chi connectivity index (χ0v) is 12.1. The molecule has 1 nitrogen and oxygen atoms in total. The molecule has 0 amide bonds. The highest BCUT2D eigenvalue weighted by Crippen LogP contribution is 2.33. The first kappa shape index (κ1) is 13.5. The molecule has 1 aliphatic heterocycles. The van der Waals surface area contributed by atoms with E-state index in [1.807, 2.05) is 0 Å². The second-order valence-corrected chi connectivity index (χ2v) is 5.58. The maximum atomic E-state index is 3.72. The molecule has 1 atom stereocenters. The van der Waals surface area contributed by atoms with E-state index in [1.165, 1.54) is 45.2 Å². The number of alkyl halides is 1. The van der Waals surface area contributed by atoms with Crippen LogP contribution < -0.4 is 0 Å². The maximum absolute atomic E-state index is 3.72. The molecule has 0 aliphatic carbocycles. The SMILES string of the molecule is CCC1CCCN1CC(CC)(CC)CBr. The Morgan fingerprint density at radius 1 is 1.27 bits per heavy atom. The third-order valence-electron chi connectivity index (χ3n) is 4.29. The summed E-state index contributed by atoms with van der Waals surface area (Å²) in [5, 5.41) is 1.15. The molecule has 1 fully saturated rings. The summed E-state index contributed by atoms with van der Waals surface area (Å²) >= 11 is 3.72. The Bertz CT molecular complexity index is 169. The van der Waals surface area contributed by atoms with E-state index in [0.29, 0.717) is 5.41 Å². The van der Waals surface area contributed by atoms with Crippen LogP contribution in [0.3, 0.4) is 0 Å². The molecule has 1 saturated heterocycles. The van der Waals surface area contributed by atoms with Crippen LogP contribution in [-0.4, -0.2) is 29.4 Å². The summed E-state index contributed by atoms with van der Waals surface area (Å²) in [5.74, 6) is 0. The average molecular weight is 276 g/mol. The van der Waals surface area contributed by atoms with E-state index in [1.54, 1.807) is 0 Å². The second-order valence-electron chi connectivity index (χ2n) is 5.02. The lowest BCUT2D eigenvalue weighted by Crippen LogP contribution is -2.40. The summed E-state index contributed by atoms with van der Waals surface area (Å²) in [6.45, 7) is 9.62. The lowest BCUT2D eigenvalue weighted by Gasteiger charge is -2.36. The molecule has 0 spiro atoms. The minimum atomic E-state index is 0.512. The smallest absolute Gasteiger partial charge is 0.01000 e. The van der Waals surface area contributed by atoms with E-state index in [4.69, 9.17) is 0 Å². The molecule has 1 rings (SSSR count). The summed E-state index contributed by atoms with van der Waals surface area (Å²) in [6, 6.07) is 0.863. The highest BCUT2D eigenvalue weighted by atomic mass is 79.9. The zero-order chi connectivity index (χ0) is 11.3. The number of likely N-dealkylation sites (tertiary alicyclic amines) is 1. The molecule has 0 radical (unpaired) electrons. The Balaban J connectivity index is 2.57. The number of rotatable bonds is 6. The summed E-state index contributed by atoms with van der Waals surface area (Å²) in [5.41, 5.74) is 0.512. The molecule has 0 bridgehead atoms. The van der Waals surface area contributed by atoms with Crippen molar-refractivity contribution in [1.82, 2.24) is 4.90 Å². The van der Waals surface area contributed by atoms with Gasteiger partial charge in [0.15, 0.2) is 0 Å². The summed E-state index contributed by atoms with van der Waals surface area (Å²) in [6.07, 6.45) is 6.74.